The van der Waals surface area contributed by atoms with Gasteiger partial charge in [0.25, 0.3) is 0 Å². The average Bonchev–Trinajstić information content (AvgIpc) is 2.37. The lowest BCUT2D eigenvalue weighted by atomic mass is 9.68. The van der Waals surface area contributed by atoms with E-state index in [1.165, 1.54) is 25.9 Å². The Balaban J connectivity index is 2.09. The van der Waals surface area contributed by atoms with Crippen LogP contribution in [0.1, 0.15) is 33.6 Å². The van der Waals surface area contributed by atoms with Crippen LogP contribution in [0.3, 0.4) is 0 Å². The minimum Gasteiger partial charge on any atom is -0.316 e. The first-order chi connectivity index (χ1) is 5.06. The highest BCUT2D eigenvalue weighted by molar-refractivity contribution is 5.08. The average molecular weight is 153 g/mol. The van der Waals surface area contributed by atoms with Crippen molar-refractivity contribution in [2.75, 3.05) is 13.1 Å². The highest BCUT2D eigenvalue weighted by Gasteiger charge is 2.57. The van der Waals surface area contributed by atoms with E-state index in [1.54, 1.807) is 0 Å². The standard InChI is InChI=1S/C10H19N/c1-9(2,3)10(4-5-10)8-6-11-7-8/h8,11H,4-7H2,1-3H3. The van der Waals surface area contributed by atoms with Crippen LogP contribution in [0.5, 0.6) is 0 Å². The van der Waals surface area contributed by atoms with Gasteiger partial charge < -0.3 is 5.32 Å². The van der Waals surface area contributed by atoms with E-state index < -0.39 is 0 Å². The zero-order valence-electron chi connectivity index (χ0n) is 7.91. The number of hydrogen-bond acceptors (Lipinski definition) is 1. The Hall–Kier alpha value is -0.0400. The first-order valence-corrected chi connectivity index (χ1v) is 4.77. The van der Waals surface area contributed by atoms with Gasteiger partial charge in [-0.25, -0.2) is 0 Å². The molecule has 1 saturated heterocycles. The Kier molecular flexibility index (Phi) is 1.39. The molecular weight excluding hydrogens is 134 g/mol. The third-order valence-corrected chi connectivity index (χ3v) is 3.85. The molecule has 0 unspecified atom stereocenters. The maximum Gasteiger partial charge on any atom is -0.000272 e. The van der Waals surface area contributed by atoms with Crippen LogP contribution in [-0.4, -0.2) is 13.1 Å². The van der Waals surface area contributed by atoms with Crippen molar-refractivity contribution < 1.29 is 0 Å². The van der Waals surface area contributed by atoms with Gasteiger partial charge in [0.05, 0.1) is 0 Å². The number of hydrogen-bond donors (Lipinski definition) is 1. The van der Waals surface area contributed by atoms with Gasteiger partial charge in [-0.1, -0.05) is 20.8 Å². The van der Waals surface area contributed by atoms with Crippen LogP contribution in [0.25, 0.3) is 0 Å². The van der Waals surface area contributed by atoms with Crippen LogP contribution in [0.2, 0.25) is 0 Å². The Bertz CT molecular complexity index is 158. The molecule has 1 heterocycles. The van der Waals surface area contributed by atoms with Crippen LogP contribution in [0.4, 0.5) is 0 Å². The third-order valence-electron chi connectivity index (χ3n) is 3.85. The van der Waals surface area contributed by atoms with Crippen molar-refractivity contribution in [2.45, 2.75) is 33.6 Å². The van der Waals surface area contributed by atoms with Gasteiger partial charge in [-0.2, -0.15) is 0 Å². The van der Waals surface area contributed by atoms with Gasteiger partial charge in [-0.15, -0.1) is 0 Å². The zero-order valence-corrected chi connectivity index (χ0v) is 7.91. The van der Waals surface area contributed by atoms with Gasteiger partial charge in [0.15, 0.2) is 0 Å². The number of rotatable bonds is 1. The molecule has 1 N–H and O–H groups in total. The summed E-state index contributed by atoms with van der Waals surface area (Å²) in [6.45, 7) is 9.75. The minimum atomic E-state index is 0.541. The molecule has 0 spiro atoms. The van der Waals surface area contributed by atoms with Crippen LogP contribution >= 0.6 is 0 Å². The number of nitrogens with one attached hydrogen (secondary N) is 1. The lowest BCUT2D eigenvalue weighted by Crippen LogP contribution is -2.50. The first-order valence-electron chi connectivity index (χ1n) is 4.77. The van der Waals surface area contributed by atoms with Gasteiger partial charge in [0.1, 0.15) is 0 Å². The quantitative estimate of drug-likeness (QED) is 0.608. The van der Waals surface area contributed by atoms with Crippen molar-refractivity contribution in [3.63, 3.8) is 0 Å². The topological polar surface area (TPSA) is 12.0 Å². The molecule has 2 aliphatic rings. The smallest absolute Gasteiger partial charge is 0.000272 e. The largest absolute Gasteiger partial charge is 0.316 e. The van der Waals surface area contributed by atoms with E-state index in [0.29, 0.717) is 5.41 Å². The molecule has 0 radical (unpaired) electrons. The molecule has 2 rings (SSSR count). The highest BCUT2D eigenvalue weighted by atomic mass is 15.0. The van der Waals surface area contributed by atoms with Gasteiger partial charge in [-0.3, -0.25) is 0 Å². The summed E-state index contributed by atoms with van der Waals surface area (Å²) in [5, 5.41) is 3.38. The van der Waals surface area contributed by atoms with Gasteiger partial charge in [0, 0.05) is 0 Å². The van der Waals surface area contributed by atoms with Gasteiger partial charge in [-0.05, 0) is 42.7 Å². The molecule has 11 heavy (non-hydrogen) atoms. The van der Waals surface area contributed by atoms with Crippen molar-refractivity contribution in [1.29, 1.82) is 0 Å². The predicted octanol–water partition coefficient (Wildman–Crippen LogP) is 2.03. The Labute approximate surface area is 69.6 Å². The summed E-state index contributed by atoms with van der Waals surface area (Å²) in [5.74, 6) is 0.988. The lowest BCUT2D eigenvalue weighted by molar-refractivity contribution is 0.0893. The molecule has 1 aliphatic heterocycles. The van der Waals surface area contributed by atoms with Crippen LogP contribution in [0, 0.1) is 16.7 Å². The summed E-state index contributed by atoms with van der Waals surface area (Å²) in [4.78, 5) is 0. The molecular formula is C10H19N. The monoisotopic (exact) mass is 153 g/mol. The molecule has 1 nitrogen and oxygen atoms in total. The van der Waals surface area contributed by atoms with Crippen molar-refractivity contribution in [3.05, 3.63) is 0 Å². The second-order valence-electron chi connectivity index (χ2n) is 5.26. The summed E-state index contributed by atoms with van der Waals surface area (Å²) < 4.78 is 0. The molecule has 0 aromatic heterocycles. The maximum atomic E-state index is 3.38. The summed E-state index contributed by atoms with van der Waals surface area (Å²) in [6.07, 6.45) is 2.95. The summed E-state index contributed by atoms with van der Waals surface area (Å²) in [7, 11) is 0. The molecule has 0 bridgehead atoms. The molecule has 0 atom stereocenters. The summed E-state index contributed by atoms with van der Waals surface area (Å²) in [6, 6.07) is 0. The third kappa shape index (κ3) is 0.936. The second kappa shape index (κ2) is 2.01. The van der Waals surface area contributed by atoms with Crippen LogP contribution in [-0.2, 0) is 0 Å². The fraction of sp³-hybridized carbons (Fsp3) is 1.00. The van der Waals surface area contributed by atoms with Crippen LogP contribution < -0.4 is 5.32 Å². The normalized spacial score (nSPS) is 29.7. The van der Waals surface area contributed by atoms with E-state index in [-0.39, 0.29) is 0 Å². The Morgan fingerprint density at radius 1 is 1.18 bits per heavy atom. The fourth-order valence-electron chi connectivity index (χ4n) is 2.58. The highest BCUT2D eigenvalue weighted by Crippen LogP contribution is 2.63. The van der Waals surface area contributed by atoms with Crippen molar-refractivity contribution in [3.8, 4) is 0 Å². The van der Waals surface area contributed by atoms with Crippen LogP contribution in [0.15, 0.2) is 0 Å². The SMILES string of the molecule is CC(C)(C)C1(C2CNC2)CC1. The summed E-state index contributed by atoms with van der Waals surface area (Å²) in [5.41, 5.74) is 1.26. The predicted molar refractivity (Wildman–Crippen MR) is 47.5 cm³/mol. The van der Waals surface area contributed by atoms with E-state index >= 15 is 0 Å². The lowest BCUT2D eigenvalue weighted by Gasteiger charge is -2.43. The Morgan fingerprint density at radius 3 is 1.82 bits per heavy atom. The van der Waals surface area contributed by atoms with Gasteiger partial charge in [0.2, 0.25) is 0 Å². The van der Waals surface area contributed by atoms with Crippen molar-refractivity contribution in [2.24, 2.45) is 16.7 Å². The maximum absolute atomic E-state index is 3.38. The van der Waals surface area contributed by atoms with E-state index in [1.807, 2.05) is 0 Å². The minimum absolute atomic E-state index is 0.541. The van der Waals surface area contributed by atoms with E-state index in [0.717, 1.165) is 11.3 Å². The molecule has 1 aliphatic carbocycles. The zero-order chi connectivity index (χ0) is 8.11. The van der Waals surface area contributed by atoms with E-state index in [9.17, 15) is 0 Å². The molecule has 0 aromatic rings. The molecule has 2 fully saturated rings. The second-order valence-corrected chi connectivity index (χ2v) is 5.26. The first kappa shape index (κ1) is 7.60. The van der Waals surface area contributed by atoms with E-state index in [2.05, 4.69) is 26.1 Å². The fourth-order valence-corrected chi connectivity index (χ4v) is 2.58. The molecule has 0 aromatic carbocycles. The van der Waals surface area contributed by atoms with E-state index in [4.69, 9.17) is 0 Å². The van der Waals surface area contributed by atoms with Gasteiger partial charge >= 0.3 is 0 Å². The molecule has 64 valence electrons. The Morgan fingerprint density at radius 2 is 1.73 bits per heavy atom. The molecule has 1 heteroatoms. The van der Waals surface area contributed by atoms with Crippen molar-refractivity contribution in [1.82, 2.24) is 5.32 Å². The molecule has 0 amide bonds. The summed E-state index contributed by atoms with van der Waals surface area (Å²) >= 11 is 0. The van der Waals surface area contributed by atoms with Crippen molar-refractivity contribution >= 4 is 0 Å². The molecule has 1 saturated carbocycles.